The van der Waals surface area contributed by atoms with Crippen LogP contribution >= 0.6 is 0 Å². The highest BCUT2D eigenvalue weighted by Crippen LogP contribution is 2.37. The van der Waals surface area contributed by atoms with E-state index in [4.69, 9.17) is 0 Å². The smallest absolute Gasteiger partial charge is 0.265 e. The number of hydrogen-bond acceptors (Lipinski definition) is 5. The van der Waals surface area contributed by atoms with Crippen molar-refractivity contribution in [3.63, 3.8) is 0 Å². The standard InChI is InChI=1S/C28H31N2O4S/c1-6-28(4,31)25-13-12-22(18-30(25)32)19-9-7-10-20(15-19)24-17-23(27(2,3)35(5,33)34)16-21-11-8-14-29-26(21)24/h7-18,31-32H,6H2,1-5H3/q+1. The van der Waals surface area contributed by atoms with Gasteiger partial charge in [-0.15, -0.1) is 0 Å². The average molecular weight is 492 g/mol. The minimum Gasteiger partial charge on any atom is -0.379 e. The molecule has 182 valence electrons. The summed E-state index contributed by atoms with van der Waals surface area (Å²) in [6, 6.07) is 19.0. The summed E-state index contributed by atoms with van der Waals surface area (Å²) in [7, 11) is -3.37. The van der Waals surface area contributed by atoms with E-state index in [1.165, 1.54) is 6.26 Å². The summed E-state index contributed by atoms with van der Waals surface area (Å²) < 4.78 is 25.0. The molecule has 0 aliphatic carbocycles. The largest absolute Gasteiger partial charge is 0.379 e. The van der Waals surface area contributed by atoms with Crippen LogP contribution in [-0.4, -0.2) is 30.0 Å². The Kier molecular flexibility index (Phi) is 6.19. The summed E-state index contributed by atoms with van der Waals surface area (Å²) in [6.45, 7) is 6.95. The molecule has 0 saturated carbocycles. The van der Waals surface area contributed by atoms with Gasteiger partial charge in [0.2, 0.25) is 6.20 Å². The number of aliphatic hydroxyl groups is 1. The highest BCUT2D eigenvalue weighted by Gasteiger charge is 2.34. The van der Waals surface area contributed by atoms with Gasteiger partial charge in [-0.2, -0.15) is 0 Å². The lowest BCUT2D eigenvalue weighted by Crippen LogP contribution is -2.42. The Hall–Kier alpha value is -3.29. The molecule has 0 saturated heterocycles. The molecule has 7 heteroatoms. The molecule has 2 N–H and O–H groups in total. The fraction of sp³-hybridized carbons (Fsp3) is 0.286. The first kappa shape index (κ1) is 24.8. The Morgan fingerprint density at radius 2 is 1.66 bits per heavy atom. The zero-order chi connectivity index (χ0) is 25.6. The van der Waals surface area contributed by atoms with Crippen molar-refractivity contribution in [3.05, 3.63) is 84.3 Å². The maximum Gasteiger partial charge on any atom is 0.265 e. The normalized spacial score (nSPS) is 14.1. The minimum atomic E-state index is -3.37. The van der Waals surface area contributed by atoms with Crippen molar-refractivity contribution < 1.29 is 23.5 Å². The first-order chi connectivity index (χ1) is 16.3. The number of benzene rings is 2. The molecule has 0 spiro atoms. The van der Waals surface area contributed by atoms with Crippen LogP contribution in [0, 0.1) is 0 Å². The van der Waals surface area contributed by atoms with Gasteiger partial charge in [0.25, 0.3) is 5.69 Å². The summed E-state index contributed by atoms with van der Waals surface area (Å²) in [5.74, 6) is 0. The van der Waals surface area contributed by atoms with E-state index < -0.39 is 20.2 Å². The van der Waals surface area contributed by atoms with Crippen LogP contribution in [0.1, 0.15) is 45.4 Å². The molecular formula is C28H31N2O4S+. The van der Waals surface area contributed by atoms with Gasteiger partial charge in [-0.1, -0.05) is 31.2 Å². The molecule has 0 fully saturated rings. The monoisotopic (exact) mass is 491 g/mol. The second-order valence-electron chi connectivity index (χ2n) is 9.74. The van der Waals surface area contributed by atoms with Crippen molar-refractivity contribution in [2.24, 2.45) is 0 Å². The molecule has 1 unspecified atom stereocenters. The molecule has 0 bridgehead atoms. The Bertz CT molecular complexity index is 1530. The molecule has 2 aromatic heterocycles. The van der Waals surface area contributed by atoms with E-state index >= 15 is 0 Å². The molecule has 4 aromatic rings. The van der Waals surface area contributed by atoms with Crippen LogP contribution in [0.3, 0.4) is 0 Å². The van der Waals surface area contributed by atoms with E-state index in [2.05, 4.69) is 4.98 Å². The predicted octanol–water partition coefficient (Wildman–Crippen LogP) is 4.99. The van der Waals surface area contributed by atoms with Gasteiger partial charge in [0.1, 0.15) is 0 Å². The fourth-order valence-electron chi connectivity index (χ4n) is 4.11. The molecule has 0 radical (unpaired) electrons. The summed E-state index contributed by atoms with van der Waals surface area (Å²) in [4.78, 5) is 4.59. The SMILES string of the molecule is CCC(C)(O)c1ccc(-c2cccc(-c3cc(C(C)(C)S(C)(=O)=O)cc4cccnc34)c2)c[n+]1O. The summed E-state index contributed by atoms with van der Waals surface area (Å²) in [6.07, 6.45) is 5.02. The van der Waals surface area contributed by atoms with Crippen LogP contribution in [-0.2, 0) is 20.2 Å². The van der Waals surface area contributed by atoms with Crippen molar-refractivity contribution in [3.8, 4) is 22.3 Å². The van der Waals surface area contributed by atoms with Gasteiger partial charge >= 0.3 is 0 Å². The maximum absolute atomic E-state index is 12.6. The second kappa shape index (κ2) is 8.73. The van der Waals surface area contributed by atoms with E-state index in [0.717, 1.165) is 37.9 Å². The first-order valence-corrected chi connectivity index (χ1v) is 13.4. The van der Waals surface area contributed by atoms with Crippen LogP contribution < -0.4 is 4.73 Å². The Morgan fingerprint density at radius 1 is 0.943 bits per heavy atom. The lowest BCUT2D eigenvalue weighted by Gasteiger charge is -2.24. The van der Waals surface area contributed by atoms with Crippen LogP contribution in [0.15, 0.2) is 73.1 Å². The van der Waals surface area contributed by atoms with Gasteiger partial charge in [0.15, 0.2) is 15.4 Å². The second-order valence-corrected chi connectivity index (χ2v) is 12.3. The third-order valence-electron chi connectivity index (χ3n) is 7.00. The van der Waals surface area contributed by atoms with Gasteiger partial charge in [0.05, 0.1) is 15.8 Å². The fourth-order valence-corrected chi connectivity index (χ4v) is 4.65. The molecule has 2 aromatic carbocycles. The van der Waals surface area contributed by atoms with Gasteiger partial charge in [-0.05, 0) is 74.2 Å². The highest BCUT2D eigenvalue weighted by molar-refractivity contribution is 7.91. The zero-order valence-electron chi connectivity index (χ0n) is 20.6. The number of aromatic nitrogens is 2. The number of sulfone groups is 1. The third-order valence-corrected chi connectivity index (χ3v) is 9.09. The Balaban J connectivity index is 1.88. The molecule has 35 heavy (non-hydrogen) atoms. The van der Waals surface area contributed by atoms with Crippen molar-refractivity contribution in [2.45, 2.75) is 44.5 Å². The molecular weight excluding hydrogens is 460 g/mol. The topological polar surface area (TPSA) is 91.4 Å². The van der Waals surface area contributed by atoms with E-state index in [9.17, 15) is 18.7 Å². The summed E-state index contributed by atoms with van der Waals surface area (Å²) >= 11 is 0. The maximum atomic E-state index is 12.6. The number of fused-ring (bicyclic) bond motifs is 1. The van der Waals surface area contributed by atoms with E-state index in [1.807, 2.05) is 61.5 Å². The predicted molar refractivity (Wildman–Crippen MR) is 138 cm³/mol. The Labute approximate surface area is 206 Å². The highest BCUT2D eigenvalue weighted by atomic mass is 32.2. The molecule has 4 rings (SSSR count). The van der Waals surface area contributed by atoms with Gasteiger partial charge in [-0.25, -0.2) is 8.42 Å². The van der Waals surface area contributed by atoms with Crippen molar-refractivity contribution in [1.82, 2.24) is 4.98 Å². The molecule has 2 heterocycles. The molecule has 1 atom stereocenters. The number of rotatable bonds is 6. The van der Waals surface area contributed by atoms with E-state index in [0.29, 0.717) is 17.7 Å². The van der Waals surface area contributed by atoms with Gasteiger partial charge in [0, 0.05) is 34.2 Å². The van der Waals surface area contributed by atoms with Crippen LogP contribution in [0.2, 0.25) is 0 Å². The Morgan fingerprint density at radius 3 is 2.31 bits per heavy atom. The number of pyridine rings is 2. The average Bonchev–Trinajstić information content (AvgIpc) is 2.82. The van der Waals surface area contributed by atoms with Crippen LogP contribution in [0.25, 0.3) is 33.2 Å². The van der Waals surface area contributed by atoms with Gasteiger partial charge in [-0.3, -0.25) is 10.2 Å². The quantitative estimate of drug-likeness (QED) is 0.293. The van der Waals surface area contributed by atoms with E-state index in [-0.39, 0.29) is 0 Å². The molecule has 0 amide bonds. The van der Waals surface area contributed by atoms with Gasteiger partial charge < -0.3 is 5.11 Å². The van der Waals surface area contributed by atoms with Crippen molar-refractivity contribution >= 4 is 20.7 Å². The van der Waals surface area contributed by atoms with Crippen LogP contribution in [0.5, 0.6) is 0 Å². The summed E-state index contributed by atoms with van der Waals surface area (Å²) in [5, 5.41) is 21.9. The van der Waals surface area contributed by atoms with Crippen LogP contribution in [0.4, 0.5) is 0 Å². The molecule has 0 aliphatic heterocycles. The number of nitrogens with zero attached hydrogens (tertiary/aromatic N) is 2. The summed E-state index contributed by atoms with van der Waals surface area (Å²) in [5.41, 5.74) is 4.09. The van der Waals surface area contributed by atoms with Crippen molar-refractivity contribution in [1.29, 1.82) is 0 Å². The molecule has 6 nitrogen and oxygen atoms in total. The number of hydrogen-bond donors (Lipinski definition) is 2. The lowest BCUT2D eigenvalue weighted by molar-refractivity contribution is -0.912. The zero-order valence-corrected chi connectivity index (χ0v) is 21.5. The first-order valence-electron chi connectivity index (χ1n) is 11.5. The van der Waals surface area contributed by atoms with Crippen molar-refractivity contribution in [2.75, 3.05) is 6.26 Å². The minimum absolute atomic E-state index is 0.408. The molecule has 0 aliphatic rings. The third kappa shape index (κ3) is 4.54. The van der Waals surface area contributed by atoms with E-state index in [1.54, 1.807) is 39.2 Å². The lowest BCUT2D eigenvalue weighted by atomic mass is 9.92.